The van der Waals surface area contributed by atoms with Crippen LogP contribution in [0.25, 0.3) is 0 Å². The summed E-state index contributed by atoms with van der Waals surface area (Å²) < 4.78 is 6.09. The second kappa shape index (κ2) is 10.3. The van der Waals surface area contributed by atoms with Crippen molar-refractivity contribution in [2.75, 3.05) is 6.61 Å². The van der Waals surface area contributed by atoms with Gasteiger partial charge in [0, 0.05) is 0 Å². The smallest absolute Gasteiger partial charge is 0.0572 e. The number of ether oxygens (including phenoxy) is 1. The van der Waals surface area contributed by atoms with Gasteiger partial charge in [0.1, 0.15) is 0 Å². The van der Waals surface area contributed by atoms with Crippen LogP contribution >= 0.6 is 0 Å². The Bertz CT molecular complexity index is 341. The van der Waals surface area contributed by atoms with Gasteiger partial charge in [0.25, 0.3) is 0 Å². The van der Waals surface area contributed by atoms with Crippen molar-refractivity contribution >= 4 is 0 Å². The molecule has 0 aromatic heterocycles. The molecule has 1 saturated heterocycles. The monoisotopic (exact) mass is 348 g/mol. The lowest BCUT2D eigenvalue weighted by molar-refractivity contribution is -0.0415. The molecule has 0 N–H and O–H groups in total. The zero-order valence-electron chi connectivity index (χ0n) is 17.2. The predicted octanol–water partition coefficient (Wildman–Crippen LogP) is 7.38. The van der Waals surface area contributed by atoms with Gasteiger partial charge in [-0.25, -0.2) is 0 Å². The van der Waals surface area contributed by atoms with Crippen LogP contribution in [0.1, 0.15) is 110 Å². The van der Waals surface area contributed by atoms with Crippen LogP contribution in [0.15, 0.2) is 0 Å². The van der Waals surface area contributed by atoms with E-state index in [4.69, 9.17) is 4.74 Å². The molecule has 1 heterocycles. The Morgan fingerprint density at radius 2 is 1.20 bits per heavy atom. The largest absolute Gasteiger partial charge is 0.378 e. The highest BCUT2D eigenvalue weighted by Gasteiger charge is 2.34. The molecule has 1 heteroatoms. The fourth-order valence-corrected chi connectivity index (χ4v) is 6.24. The molecule has 0 amide bonds. The van der Waals surface area contributed by atoms with Crippen LogP contribution in [0.5, 0.6) is 0 Å². The minimum absolute atomic E-state index is 0.570. The van der Waals surface area contributed by atoms with Crippen molar-refractivity contribution in [1.82, 2.24) is 0 Å². The van der Waals surface area contributed by atoms with Gasteiger partial charge in [0.05, 0.1) is 12.7 Å². The number of unbranched alkanes of at least 4 members (excludes halogenated alkanes) is 2. The molecule has 2 unspecified atom stereocenters. The van der Waals surface area contributed by atoms with E-state index in [1.54, 1.807) is 25.7 Å². The van der Waals surface area contributed by atoms with E-state index in [9.17, 15) is 0 Å². The summed E-state index contributed by atoms with van der Waals surface area (Å²) in [6.45, 7) is 5.67. The van der Waals surface area contributed by atoms with Gasteiger partial charge in [-0.2, -0.15) is 0 Å². The van der Waals surface area contributed by atoms with E-state index in [-0.39, 0.29) is 0 Å². The lowest BCUT2D eigenvalue weighted by Crippen LogP contribution is -2.33. The molecule has 1 nitrogen and oxygen atoms in total. The minimum atomic E-state index is 0.570. The van der Waals surface area contributed by atoms with Crippen molar-refractivity contribution in [2.45, 2.75) is 116 Å². The molecule has 3 rings (SSSR count). The van der Waals surface area contributed by atoms with Crippen LogP contribution in [0.4, 0.5) is 0 Å². The molecular weight excluding hydrogens is 304 g/mol. The van der Waals surface area contributed by atoms with E-state index < -0.39 is 0 Å². The Labute approximate surface area is 157 Å². The van der Waals surface area contributed by atoms with Crippen LogP contribution < -0.4 is 0 Å². The highest BCUT2D eigenvalue weighted by Crippen LogP contribution is 2.44. The predicted molar refractivity (Wildman–Crippen MR) is 108 cm³/mol. The zero-order valence-corrected chi connectivity index (χ0v) is 17.2. The summed E-state index contributed by atoms with van der Waals surface area (Å²) in [5, 5.41) is 0. The maximum Gasteiger partial charge on any atom is 0.0572 e. The quantitative estimate of drug-likeness (QED) is 0.436. The molecule has 2 aliphatic carbocycles. The highest BCUT2D eigenvalue weighted by atomic mass is 16.5. The summed E-state index contributed by atoms with van der Waals surface area (Å²) in [5.41, 5.74) is 0. The lowest BCUT2D eigenvalue weighted by Gasteiger charge is -2.41. The van der Waals surface area contributed by atoms with Crippen molar-refractivity contribution in [1.29, 1.82) is 0 Å². The molecule has 2 saturated carbocycles. The Hall–Kier alpha value is -0.0400. The second-order valence-corrected chi connectivity index (χ2v) is 9.65. The summed E-state index contributed by atoms with van der Waals surface area (Å²) in [6, 6.07) is 0. The third-order valence-electron chi connectivity index (χ3n) is 8.12. The molecule has 0 bridgehead atoms. The van der Waals surface area contributed by atoms with Crippen molar-refractivity contribution in [2.24, 2.45) is 29.6 Å². The highest BCUT2D eigenvalue weighted by molar-refractivity contribution is 4.85. The molecular formula is C24H44O. The van der Waals surface area contributed by atoms with Gasteiger partial charge in [-0.3, -0.25) is 0 Å². The third kappa shape index (κ3) is 5.72. The standard InChI is InChI=1S/C24H44O/c1-3-5-6-7-19-8-10-20(11-9-19)21-12-14-22(15-13-21)23-16-17-24(4-2)25-18-23/h19-24H,3-18H2,1-2H3. The Balaban J connectivity index is 1.33. The average Bonchev–Trinajstić information content (AvgIpc) is 2.69. The van der Waals surface area contributed by atoms with E-state index in [0.29, 0.717) is 6.10 Å². The van der Waals surface area contributed by atoms with Crippen molar-refractivity contribution in [3.8, 4) is 0 Å². The van der Waals surface area contributed by atoms with Gasteiger partial charge >= 0.3 is 0 Å². The fourth-order valence-electron chi connectivity index (χ4n) is 6.24. The first-order valence-corrected chi connectivity index (χ1v) is 11.9. The Morgan fingerprint density at radius 1 is 0.640 bits per heavy atom. The van der Waals surface area contributed by atoms with Gasteiger partial charge in [0.15, 0.2) is 0 Å². The van der Waals surface area contributed by atoms with Crippen molar-refractivity contribution in [3.63, 3.8) is 0 Å². The summed E-state index contributed by atoms with van der Waals surface area (Å²) in [6.07, 6.45) is 22.6. The van der Waals surface area contributed by atoms with Crippen LogP contribution in [-0.2, 0) is 4.74 Å². The molecule has 146 valence electrons. The van der Waals surface area contributed by atoms with Gasteiger partial charge in [0.2, 0.25) is 0 Å². The minimum Gasteiger partial charge on any atom is -0.378 e. The Kier molecular flexibility index (Phi) is 8.15. The molecule has 0 spiro atoms. The summed E-state index contributed by atoms with van der Waals surface area (Å²) >= 11 is 0. The Morgan fingerprint density at radius 3 is 1.72 bits per heavy atom. The molecule has 0 aromatic rings. The van der Waals surface area contributed by atoms with Crippen LogP contribution in [0.3, 0.4) is 0 Å². The van der Waals surface area contributed by atoms with Crippen molar-refractivity contribution in [3.05, 3.63) is 0 Å². The topological polar surface area (TPSA) is 9.23 Å². The fraction of sp³-hybridized carbons (Fsp3) is 1.00. The van der Waals surface area contributed by atoms with E-state index in [2.05, 4.69) is 13.8 Å². The van der Waals surface area contributed by atoms with Crippen LogP contribution in [0, 0.1) is 29.6 Å². The molecule has 0 radical (unpaired) electrons. The molecule has 2 atom stereocenters. The van der Waals surface area contributed by atoms with E-state index >= 15 is 0 Å². The second-order valence-electron chi connectivity index (χ2n) is 9.65. The molecule has 3 fully saturated rings. The van der Waals surface area contributed by atoms with Gasteiger partial charge in [-0.05, 0) is 87.4 Å². The van der Waals surface area contributed by atoms with Gasteiger partial charge < -0.3 is 4.74 Å². The van der Waals surface area contributed by atoms with E-state index in [0.717, 1.165) is 36.2 Å². The first kappa shape index (κ1) is 19.7. The van der Waals surface area contributed by atoms with Gasteiger partial charge in [-0.1, -0.05) is 52.4 Å². The van der Waals surface area contributed by atoms with E-state index in [1.807, 2.05) is 0 Å². The van der Waals surface area contributed by atoms with Crippen LogP contribution in [-0.4, -0.2) is 12.7 Å². The SMILES string of the molecule is CCCCCC1CCC(C2CCC(C3CCC(CC)OC3)CC2)CC1. The first-order chi connectivity index (χ1) is 12.3. The summed E-state index contributed by atoms with van der Waals surface area (Å²) in [4.78, 5) is 0. The van der Waals surface area contributed by atoms with Gasteiger partial charge in [-0.15, -0.1) is 0 Å². The molecule has 0 aromatic carbocycles. The number of hydrogen-bond donors (Lipinski definition) is 0. The number of rotatable bonds is 7. The molecule has 3 aliphatic rings. The average molecular weight is 349 g/mol. The maximum atomic E-state index is 6.09. The maximum absolute atomic E-state index is 6.09. The van der Waals surface area contributed by atoms with E-state index in [1.165, 1.54) is 70.6 Å². The number of hydrogen-bond acceptors (Lipinski definition) is 1. The lowest BCUT2D eigenvalue weighted by atomic mass is 9.66. The van der Waals surface area contributed by atoms with Crippen LogP contribution in [0.2, 0.25) is 0 Å². The third-order valence-corrected chi connectivity index (χ3v) is 8.12. The molecule has 1 aliphatic heterocycles. The normalized spacial score (nSPS) is 40.1. The summed E-state index contributed by atoms with van der Waals surface area (Å²) in [5.74, 6) is 5.10. The first-order valence-electron chi connectivity index (χ1n) is 11.9. The molecule has 25 heavy (non-hydrogen) atoms. The van der Waals surface area contributed by atoms with Crippen molar-refractivity contribution < 1.29 is 4.74 Å². The summed E-state index contributed by atoms with van der Waals surface area (Å²) in [7, 11) is 0. The zero-order chi connectivity index (χ0) is 17.5.